The molecule has 0 bridgehead atoms. The SMILES string of the molecule is CNC(CSc1cccc(F)c1)c1ccccc1Cl. The number of hydrogen-bond donors (Lipinski definition) is 1. The van der Waals surface area contributed by atoms with Crippen LogP contribution in [-0.4, -0.2) is 12.8 Å². The van der Waals surface area contributed by atoms with Crippen molar-refractivity contribution in [1.29, 1.82) is 0 Å². The third-order valence-electron chi connectivity index (χ3n) is 2.84. The average Bonchev–Trinajstić information content (AvgIpc) is 2.41. The number of nitrogens with one attached hydrogen (secondary N) is 1. The maximum absolute atomic E-state index is 13.1. The van der Waals surface area contributed by atoms with Crippen LogP contribution in [0.4, 0.5) is 4.39 Å². The number of rotatable bonds is 5. The van der Waals surface area contributed by atoms with Crippen LogP contribution in [0.2, 0.25) is 5.02 Å². The number of halogens is 2. The Hall–Kier alpha value is -1.03. The van der Waals surface area contributed by atoms with Crippen molar-refractivity contribution in [3.05, 3.63) is 64.9 Å². The smallest absolute Gasteiger partial charge is 0.124 e. The number of hydrogen-bond acceptors (Lipinski definition) is 2. The van der Waals surface area contributed by atoms with Gasteiger partial charge in [-0.3, -0.25) is 0 Å². The monoisotopic (exact) mass is 295 g/mol. The summed E-state index contributed by atoms with van der Waals surface area (Å²) in [5, 5.41) is 4.00. The molecule has 0 aromatic heterocycles. The van der Waals surface area contributed by atoms with Crippen LogP contribution in [0.3, 0.4) is 0 Å². The fraction of sp³-hybridized carbons (Fsp3) is 0.200. The molecule has 1 N–H and O–H groups in total. The molecule has 19 heavy (non-hydrogen) atoms. The van der Waals surface area contributed by atoms with E-state index in [2.05, 4.69) is 5.32 Å². The van der Waals surface area contributed by atoms with E-state index in [0.29, 0.717) is 0 Å². The van der Waals surface area contributed by atoms with Crippen molar-refractivity contribution in [2.24, 2.45) is 0 Å². The van der Waals surface area contributed by atoms with E-state index in [4.69, 9.17) is 11.6 Å². The van der Waals surface area contributed by atoms with Crippen molar-refractivity contribution in [2.45, 2.75) is 10.9 Å². The quantitative estimate of drug-likeness (QED) is 0.813. The van der Waals surface area contributed by atoms with Gasteiger partial charge in [0.25, 0.3) is 0 Å². The Balaban J connectivity index is 2.06. The lowest BCUT2D eigenvalue weighted by Gasteiger charge is -2.17. The minimum atomic E-state index is -0.205. The van der Waals surface area contributed by atoms with Crippen molar-refractivity contribution in [2.75, 3.05) is 12.8 Å². The summed E-state index contributed by atoms with van der Waals surface area (Å²) in [4.78, 5) is 0.923. The molecule has 0 spiro atoms. The van der Waals surface area contributed by atoms with Crippen LogP contribution in [0, 0.1) is 5.82 Å². The average molecular weight is 296 g/mol. The molecule has 0 aliphatic carbocycles. The van der Waals surface area contributed by atoms with Gasteiger partial charge in [0.05, 0.1) is 0 Å². The van der Waals surface area contributed by atoms with E-state index in [-0.39, 0.29) is 11.9 Å². The third kappa shape index (κ3) is 3.96. The highest BCUT2D eigenvalue weighted by atomic mass is 35.5. The van der Waals surface area contributed by atoms with Crippen LogP contribution in [0.5, 0.6) is 0 Å². The van der Waals surface area contributed by atoms with Gasteiger partial charge in [-0.05, 0) is 36.9 Å². The molecule has 0 saturated carbocycles. The van der Waals surface area contributed by atoms with Gasteiger partial charge < -0.3 is 5.32 Å². The van der Waals surface area contributed by atoms with Gasteiger partial charge in [0.2, 0.25) is 0 Å². The van der Waals surface area contributed by atoms with Gasteiger partial charge >= 0.3 is 0 Å². The maximum Gasteiger partial charge on any atom is 0.124 e. The summed E-state index contributed by atoms with van der Waals surface area (Å²) in [6, 6.07) is 14.6. The van der Waals surface area contributed by atoms with E-state index in [1.165, 1.54) is 6.07 Å². The van der Waals surface area contributed by atoms with Gasteiger partial charge in [0.1, 0.15) is 5.82 Å². The maximum atomic E-state index is 13.1. The van der Waals surface area contributed by atoms with Crippen LogP contribution in [-0.2, 0) is 0 Å². The zero-order chi connectivity index (χ0) is 13.7. The van der Waals surface area contributed by atoms with Crippen molar-refractivity contribution in [1.82, 2.24) is 5.32 Å². The number of thioether (sulfide) groups is 1. The summed E-state index contributed by atoms with van der Waals surface area (Å²) >= 11 is 7.81. The van der Waals surface area contributed by atoms with Crippen molar-refractivity contribution in [3.63, 3.8) is 0 Å². The molecule has 1 unspecified atom stereocenters. The first-order valence-corrected chi connectivity index (χ1v) is 7.37. The molecule has 2 aromatic carbocycles. The minimum Gasteiger partial charge on any atom is -0.312 e. The van der Waals surface area contributed by atoms with Crippen LogP contribution >= 0.6 is 23.4 Å². The normalized spacial score (nSPS) is 12.4. The molecule has 0 aliphatic heterocycles. The predicted molar refractivity (Wildman–Crippen MR) is 80.4 cm³/mol. The largest absolute Gasteiger partial charge is 0.312 e. The van der Waals surface area contributed by atoms with E-state index < -0.39 is 0 Å². The first kappa shape index (κ1) is 14.4. The highest BCUT2D eigenvalue weighted by molar-refractivity contribution is 7.99. The van der Waals surface area contributed by atoms with E-state index in [9.17, 15) is 4.39 Å². The summed E-state index contributed by atoms with van der Waals surface area (Å²) in [5.41, 5.74) is 1.07. The molecular formula is C15H15ClFNS. The fourth-order valence-corrected chi connectivity index (χ4v) is 3.17. The highest BCUT2D eigenvalue weighted by Crippen LogP contribution is 2.28. The summed E-state index contributed by atoms with van der Waals surface area (Å²) in [6.07, 6.45) is 0. The number of benzene rings is 2. The molecule has 2 rings (SSSR count). The van der Waals surface area contributed by atoms with Crippen LogP contribution in [0.25, 0.3) is 0 Å². The second kappa shape index (κ2) is 6.94. The Kier molecular flexibility index (Phi) is 5.25. The van der Waals surface area contributed by atoms with Gasteiger partial charge in [-0.15, -0.1) is 11.8 Å². The van der Waals surface area contributed by atoms with Crippen molar-refractivity contribution in [3.8, 4) is 0 Å². The van der Waals surface area contributed by atoms with Crippen LogP contribution in [0.1, 0.15) is 11.6 Å². The standard InChI is InChI=1S/C15H15ClFNS/c1-18-15(13-7-2-3-8-14(13)16)10-19-12-6-4-5-11(17)9-12/h2-9,15,18H,10H2,1H3. The van der Waals surface area contributed by atoms with Gasteiger partial charge in [-0.2, -0.15) is 0 Å². The Morgan fingerprint density at radius 3 is 2.68 bits per heavy atom. The minimum absolute atomic E-state index is 0.141. The first-order valence-electron chi connectivity index (χ1n) is 6.01. The summed E-state index contributed by atoms with van der Waals surface area (Å²) in [5.74, 6) is 0.590. The molecule has 0 fully saturated rings. The Morgan fingerprint density at radius 2 is 2.00 bits per heavy atom. The van der Waals surface area contributed by atoms with E-state index in [1.54, 1.807) is 23.9 Å². The van der Waals surface area contributed by atoms with E-state index in [0.717, 1.165) is 21.2 Å². The van der Waals surface area contributed by atoms with E-state index >= 15 is 0 Å². The molecule has 0 heterocycles. The lowest BCUT2D eigenvalue weighted by atomic mass is 10.1. The third-order valence-corrected chi connectivity index (χ3v) is 4.27. The molecule has 0 aliphatic rings. The molecule has 4 heteroatoms. The van der Waals surface area contributed by atoms with Gasteiger partial charge in [0.15, 0.2) is 0 Å². The molecule has 0 radical (unpaired) electrons. The lowest BCUT2D eigenvalue weighted by molar-refractivity contribution is 0.624. The highest BCUT2D eigenvalue weighted by Gasteiger charge is 2.12. The van der Waals surface area contributed by atoms with Crippen molar-refractivity contribution < 1.29 is 4.39 Å². The Labute approximate surface area is 122 Å². The second-order valence-electron chi connectivity index (χ2n) is 4.13. The molecule has 0 saturated heterocycles. The summed E-state index contributed by atoms with van der Waals surface area (Å²) in [7, 11) is 1.90. The van der Waals surface area contributed by atoms with Crippen LogP contribution in [0.15, 0.2) is 53.4 Å². The van der Waals surface area contributed by atoms with E-state index in [1.807, 2.05) is 37.4 Å². The molecule has 0 amide bonds. The van der Waals surface area contributed by atoms with Gasteiger partial charge in [-0.25, -0.2) is 4.39 Å². The molecule has 100 valence electrons. The summed E-state index contributed by atoms with van der Waals surface area (Å²) < 4.78 is 13.1. The van der Waals surface area contributed by atoms with Gasteiger partial charge in [0, 0.05) is 21.7 Å². The first-order chi connectivity index (χ1) is 9.20. The summed E-state index contributed by atoms with van der Waals surface area (Å²) in [6.45, 7) is 0. The van der Waals surface area contributed by atoms with Gasteiger partial charge in [-0.1, -0.05) is 35.9 Å². The van der Waals surface area contributed by atoms with Crippen molar-refractivity contribution >= 4 is 23.4 Å². The fourth-order valence-electron chi connectivity index (χ4n) is 1.82. The predicted octanol–water partition coefficient (Wildman–Crippen LogP) is 4.53. The lowest BCUT2D eigenvalue weighted by Crippen LogP contribution is -2.19. The zero-order valence-electron chi connectivity index (χ0n) is 10.6. The second-order valence-corrected chi connectivity index (χ2v) is 5.63. The Bertz CT molecular complexity index is 547. The molecule has 2 aromatic rings. The zero-order valence-corrected chi connectivity index (χ0v) is 12.1. The molecular weight excluding hydrogens is 281 g/mol. The van der Waals surface area contributed by atoms with Crippen LogP contribution < -0.4 is 5.32 Å². The molecule has 1 nitrogen and oxygen atoms in total. The molecule has 1 atom stereocenters. The Morgan fingerprint density at radius 1 is 1.21 bits per heavy atom. The topological polar surface area (TPSA) is 12.0 Å².